The van der Waals surface area contributed by atoms with Crippen molar-refractivity contribution >= 4 is 12.0 Å². The number of rotatable bonds is 6. The van der Waals surface area contributed by atoms with Crippen LogP contribution in [0.15, 0.2) is 24.3 Å². The zero-order valence-corrected chi connectivity index (χ0v) is 17.2. The zero-order chi connectivity index (χ0) is 19.9. The first-order chi connectivity index (χ1) is 13.6. The predicted molar refractivity (Wildman–Crippen MR) is 110 cm³/mol. The molecule has 0 radical (unpaired) electrons. The lowest BCUT2D eigenvalue weighted by atomic mass is 9.99. The van der Waals surface area contributed by atoms with Gasteiger partial charge in [0, 0.05) is 45.4 Å². The number of hydrogen-bond acceptors (Lipinski definition) is 5. The van der Waals surface area contributed by atoms with E-state index >= 15 is 0 Å². The number of ether oxygens (including phenoxy) is 3. The highest BCUT2D eigenvalue weighted by atomic mass is 16.5. The van der Waals surface area contributed by atoms with Crippen molar-refractivity contribution in [2.24, 2.45) is 0 Å². The van der Waals surface area contributed by atoms with E-state index < -0.39 is 0 Å². The summed E-state index contributed by atoms with van der Waals surface area (Å²) >= 11 is 0. The number of carbonyl (C=O) groups excluding carboxylic acids is 1. The van der Waals surface area contributed by atoms with Crippen LogP contribution in [0.1, 0.15) is 31.2 Å². The lowest BCUT2D eigenvalue weighted by Gasteiger charge is -2.41. The van der Waals surface area contributed by atoms with E-state index in [0.717, 1.165) is 57.4 Å². The van der Waals surface area contributed by atoms with Crippen molar-refractivity contribution < 1.29 is 19.0 Å². The highest BCUT2D eigenvalue weighted by Gasteiger charge is 2.29. The molecule has 2 aliphatic rings. The average Bonchev–Trinajstić information content (AvgIpc) is 2.77. The van der Waals surface area contributed by atoms with E-state index in [0.29, 0.717) is 23.6 Å². The van der Waals surface area contributed by atoms with Crippen molar-refractivity contribution in [1.82, 2.24) is 9.80 Å². The van der Waals surface area contributed by atoms with Crippen LogP contribution in [0.25, 0.3) is 6.08 Å². The minimum absolute atomic E-state index is 0.0753. The Morgan fingerprint density at radius 3 is 2.25 bits per heavy atom. The van der Waals surface area contributed by atoms with Crippen molar-refractivity contribution in [3.8, 4) is 11.5 Å². The predicted octanol–water partition coefficient (Wildman–Crippen LogP) is 2.82. The number of benzene rings is 1. The molecule has 2 saturated heterocycles. The van der Waals surface area contributed by atoms with Gasteiger partial charge in [-0.25, -0.2) is 0 Å². The second-order valence-corrected chi connectivity index (χ2v) is 7.48. The minimum Gasteiger partial charge on any atom is -0.493 e. The van der Waals surface area contributed by atoms with Crippen LogP contribution in [0.4, 0.5) is 0 Å². The van der Waals surface area contributed by atoms with Gasteiger partial charge in [-0.3, -0.25) is 4.79 Å². The van der Waals surface area contributed by atoms with Crippen LogP contribution in [0.5, 0.6) is 11.5 Å². The van der Waals surface area contributed by atoms with E-state index in [1.807, 2.05) is 29.2 Å². The molecule has 28 heavy (non-hydrogen) atoms. The molecule has 1 aromatic carbocycles. The van der Waals surface area contributed by atoms with Gasteiger partial charge in [0.15, 0.2) is 11.5 Å². The SMILES string of the molecule is COc1ccc(C=CC(=O)N2CCC(N3CCC(OC)CC3)CC2)cc1OC. The Bertz CT molecular complexity index is 675. The van der Waals surface area contributed by atoms with Crippen molar-refractivity contribution in [2.45, 2.75) is 37.8 Å². The van der Waals surface area contributed by atoms with Crippen LogP contribution in [0.2, 0.25) is 0 Å². The van der Waals surface area contributed by atoms with Gasteiger partial charge in [-0.1, -0.05) is 6.07 Å². The summed E-state index contributed by atoms with van der Waals surface area (Å²) in [6, 6.07) is 6.23. The zero-order valence-electron chi connectivity index (χ0n) is 17.2. The third-order valence-electron chi connectivity index (χ3n) is 5.93. The maximum absolute atomic E-state index is 12.6. The van der Waals surface area contributed by atoms with Crippen LogP contribution in [0.3, 0.4) is 0 Å². The number of methoxy groups -OCH3 is 3. The molecule has 3 rings (SSSR count). The van der Waals surface area contributed by atoms with E-state index in [1.54, 1.807) is 27.4 Å². The van der Waals surface area contributed by atoms with Crippen molar-refractivity contribution in [1.29, 1.82) is 0 Å². The number of hydrogen-bond donors (Lipinski definition) is 0. The molecule has 6 heteroatoms. The van der Waals surface area contributed by atoms with E-state index in [4.69, 9.17) is 14.2 Å². The molecule has 2 fully saturated rings. The summed E-state index contributed by atoms with van der Waals surface area (Å²) in [5.41, 5.74) is 0.918. The van der Waals surface area contributed by atoms with E-state index in [-0.39, 0.29) is 5.91 Å². The third-order valence-corrected chi connectivity index (χ3v) is 5.93. The van der Waals surface area contributed by atoms with E-state index in [1.165, 1.54) is 0 Å². The van der Waals surface area contributed by atoms with E-state index in [9.17, 15) is 4.79 Å². The molecule has 0 atom stereocenters. The first-order valence-corrected chi connectivity index (χ1v) is 10.1. The molecular formula is C22H32N2O4. The fourth-order valence-corrected chi connectivity index (χ4v) is 4.16. The van der Waals surface area contributed by atoms with Crippen LogP contribution in [-0.2, 0) is 9.53 Å². The van der Waals surface area contributed by atoms with Gasteiger partial charge in [0.2, 0.25) is 5.91 Å². The molecule has 6 nitrogen and oxygen atoms in total. The Morgan fingerprint density at radius 2 is 1.64 bits per heavy atom. The Morgan fingerprint density at radius 1 is 0.964 bits per heavy atom. The first-order valence-electron chi connectivity index (χ1n) is 10.1. The Kier molecular flexibility index (Phi) is 7.34. The Labute approximate surface area is 168 Å². The molecule has 2 aliphatic heterocycles. The summed E-state index contributed by atoms with van der Waals surface area (Å²) in [4.78, 5) is 17.1. The molecule has 0 aromatic heterocycles. The number of likely N-dealkylation sites (tertiary alicyclic amines) is 2. The highest BCUT2D eigenvalue weighted by Crippen LogP contribution is 2.28. The maximum atomic E-state index is 12.6. The van der Waals surface area contributed by atoms with Gasteiger partial charge >= 0.3 is 0 Å². The number of nitrogens with zero attached hydrogens (tertiary/aromatic N) is 2. The Balaban J connectivity index is 1.49. The topological polar surface area (TPSA) is 51.2 Å². The van der Waals surface area contributed by atoms with E-state index in [2.05, 4.69) is 4.90 Å². The molecule has 0 bridgehead atoms. The van der Waals surface area contributed by atoms with Gasteiger partial charge in [-0.15, -0.1) is 0 Å². The summed E-state index contributed by atoms with van der Waals surface area (Å²) in [7, 11) is 5.03. The van der Waals surface area contributed by atoms with Gasteiger partial charge in [0.1, 0.15) is 0 Å². The van der Waals surface area contributed by atoms with Gasteiger partial charge in [0.05, 0.1) is 20.3 Å². The van der Waals surface area contributed by atoms with Crippen molar-refractivity contribution in [2.75, 3.05) is 47.5 Å². The lowest BCUT2D eigenvalue weighted by molar-refractivity contribution is -0.127. The molecule has 0 saturated carbocycles. The minimum atomic E-state index is 0.0753. The number of amides is 1. The lowest BCUT2D eigenvalue weighted by Crippen LogP contribution is -2.49. The summed E-state index contributed by atoms with van der Waals surface area (Å²) in [5.74, 6) is 1.42. The molecule has 1 amide bonds. The molecule has 2 heterocycles. The summed E-state index contributed by atoms with van der Waals surface area (Å²) in [6.45, 7) is 3.86. The summed E-state index contributed by atoms with van der Waals surface area (Å²) < 4.78 is 16.0. The molecule has 1 aromatic rings. The van der Waals surface area contributed by atoms with Crippen molar-refractivity contribution in [3.63, 3.8) is 0 Å². The average molecular weight is 389 g/mol. The fraction of sp³-hybridized carbons (Fsp3) is 0.591. The van der Waals surface area contributed by atoms with Crippen LogP contribution >= 0.6 is 0 Å². The maximum Gasteiger partial charge on any atom is 0.246 e. The number of carbonyl (C=O) groups is 1. The molecule has 0 N–H and O–H groups in total. The summed E-state index contributed by atoms with van der Waals surface area (Å²) in [5, 5.41) is 0. The normalized spacial score (nSPS) is 19.9. The first kappa shape index (κ1) is 20.7. The molecular weight excluding hydrogens is 356 g/mol. The standard InChI is InChI=1S/C22H32N2O4/c1-26-19-10-14-23(15-11-19)18-8-12-24(13-9-18)22(25)7-5-17-4-6-20(27-2)21(16-17)28-3/h4-7,16,18-19H,8-15H2,1-3H3. The van der Waals surface area contributed by atoms with Gasteiger partial charge < -0.3 is 24.0 Å². The molecule has 0 aliphatic carbocycles. The van der Waals surface area contributed by atoms with Gasteiger partial charge in [-0.2, -0.15) is 0 Å². The monoisotopic (exact) mass is 388 g/mol. The van der Waals surface area contributed by atoms with Crippen LogP contribution in [-0.4, -0.2) is 75.4 Å². The smallest absolute Gasteiger partial charge is 0.246 e. The molecule has 154 valence electrons. The fourth-order valence-electron chi connectivity index (χ4n) is 4.16. The van der Waals surface area contributed by atoms with Gasteiger partial charge in [-0.05, 0) is 49.5 Å². The largest absolute Gasteiger partial charge is 0.493 e. The quantitative estimate of drug-likeness (QED) is 0.702. The van der Waals surface area contributed by atoms with Crippen LogP contribution < -0.4 is 9.47 Å². The highest BCUT2D eigenvalue weighted by molar-refractivity contribution is 5.92. The second-order valence-electron chi connectivity index (χ2n) is 7.48. The second kappa shape index (κ2) is 9.94. The van der Waals surface area contributed by atoms with Gasteiger partial charge in [0.25, 0.3) is 0 Å². The number of piperidine rings is 2. The van der Waals surface area contributed by atoms with Crippen molar-refractivity contribution in [3.05, 3.63) is 29.8 Å². The molecule has 0 unspecified atom stereocenters. The summed E-state index contributed by atoms with van der Waals surface area (Å²) in [6.07, 6.45) is 8.24. The molecule has 0 spiro atoms. The van der Waals surface area contributed by atoms with Crippen LogP contribution in [0, 0.1) is 0 Å². The Hall–Kier alpha value is -2.05. The third kappa shape index (κ3) is 5.06.